The average Bonchev–Trinajstić information content (AvgIpc) is 2.32. The Morgan fingerprint density at radius 2 is 2.16 bits per heavy atom. The van der Waals surface area contributed by atoms with Crippen molar-refractivity contribution >= 4 is 23.2 Å². The maximum absolute atomic E-state index is 11.8. The fraction of sp³-hybridized carbons (Fsp3) is 0.500. The van der Waals surface area contributed by atoms with E-state index >= 15 is 0 Å². The lowest BCUT2D eigenvalue weighted by molar-refractivity contribution is -0.116. The Morgan fingerprint density at radius 3 is 2.79 bits per heavy atom. The van der Waals surface area contributed by atoms with Gasteiger partial charge in [-0.3, -0.25) is 4.79 Å². The first kappa shape index (κ1) is 15.8. The lowest BCUT2D eigenvalue weighted by atomic mass is 10.2. The lowest BCUT2D eigenvalue weighted by Gasteiger charge is -2.12. The fourth-order valence-corrected chi connectivity index (χ4v) is 1.74. The molecule has 1 aromatic rings. The number of anilines is 1. The lowest BCUT2D eigenvalue weighted by Crippen LogP contribution is -2.27. The number of ether oxygens (including phenoxy) is 1. The predicted molar refractivity (Wildman–Crippen MR) is 79.0 cm³/mol. The van der Waals surface area contributed by atoms with Gasteiger partial charge in [0, 0.05) is 24.0 Å². The Bertz CT molecular complexity index is 422. The molecule has 0 fully saturated rings. The molecular formula is C14H21ClN2O2. The molecule has 2 N–H and O–H groups in total. The summed E-state index contributed by atoms with van der Waals surface area (Å²) in [5.74, 6) is 0.577. The molecule has 0 aliphatic rings. The second-order valence-electron chi connectivity index (χ2n) is 4.48. The van der Waals surface area contributed by atoms with Crippen molar-refractivity contribution in [2.75, 3.05) is 18.5 Å². The molecule has 1 amide bonds. The van der Waals surface area contributed by atoms with E-state index in [1.807, 2.05) is 20.8 Å². The van der Waals surface area contributed by atoms with Gasteiger partial charge in [-0.2, -0.15) is 0 Å². The summed E-state index contributed by atoms with van der Waals surface area (Å²) in [6, 6.07) is 5.56. The molecule has 0 saturated heterocycles. The van der Waals surface area contributed by atoms with Crippen molar-refractivity contribution in [1.29, 1.82) is 0 Å². The molecule has 0 bridgehead atoms. The molecule has 0 spiro atoms. The zero-order chi connectivity index (χ0) is 14.3. The van der Waals surface area contributed by atoms with Gasteiger partial charge in [-0.15, -0.1) is 0 Å². The van der Waals surface area contributed by atoms with Gasteiger partial charge in [-0.25, -0.2) is 0 Å². The molecule has 106 valence electrons. The number of nitrogens with one attached hydrogen (secondary N) is 2. The number of carbonyl (C=O) groups is 1. The third-order valence-electron chi connectivity index (χ3n) is 2.42. The van der Waals surface area contributed by atoms with Crippen molar-refractivity contribution in [2.45, 2.75) is 33.2 Å². The summed E-state index contributed by atoms with van der Waals surface area (Å²) < 4.78 is 5.45. The van der Waals surface area contributed by atoms with Crippen LogP contribution in [0.3, 0.4) is 0 Å². The van der Waals surface area contributed by atoms with Gasteiger partial charge in [0.15, 0.2) is 0 Å². The quantitative estimate of drug-likeness (QED) is 0.809. The summed E-state index contributed by atoms with van der Waals surface area (Å²) in [5.41, 5.74) is 0.615. The van der Waals surface area contributed by atoms with Gasteiger partial charge in [-0.05, 0) is 25.1 Å². The van der Waals surface area contributed by atoms with Crippen molar-refractivity contribution < 1.29 is 9.53 Å². The molecule has 0 atom stereocenters. The number of hydrogen-bond acceptors (Lipinski definition) is 3. The molecular weight excluding hydrogens is 264 g/mol. The van der Waals surface area contributed by atoms with Gasteiger partial charge in [-0.1, -0.05) is 25.4 Å². The number of amides is 1. The van der Waals surface area contributed by atoms with E-state index in [-0.39, 0.29) is 5.91 Å². The minimum Gasteiger partial charge on any atom is -0.492 e. The third kappa shape index (κ3) is 5.94. The molecule has 0 radical (unpaired) electrons. The molecule has 0 aliphatic heterocycles. The van der Waals surface area contributed by atoms with E-state index in [4.69, 9.17) is 16.3 Å². The summed E-state index contributed by atoms with van der Waals surface area (Å²) in [4.78, 5) is 11.8. The van der Waals surface area contributed by atoms with Crippen LogP contribution in [-0.2, 0) is 4.79 Å². The van der Waals surface area contributed by atoms with E-state index in [0.717, 1.165) is 0 Å². The van der Waals surface area contributed by atoms with Gasteiger partial charge < -0.3 is 15.4 Å². The van der Waals surface area contributed by atoms with Crippen LogP contribution in [0.1, 0.15) is 27.2 Å². The van der Waals surface area contributed by atoms with Crippen LogP contribution >= 0.6 is 11.6 Å². The number of hydrogen-bond donors (Lipinski definition) is 2. The molecule has 4 nitrogen and oxygen atoms in total. The predicted octanol–water partition coefficient (Wildman–Crippen LogP) is 3.07. The summed E-state index contributed by atoms with van der Waals surface area (Å²) in [5, 5.41) is 6.59. The van der Waals surface area contributed by atoms with E-state index < -0.39 is 0 Å². The van der Waals surface area contributed by atoms with E-state index in [0.29, 0.717) is 42.1 Å². The molecule has 0 saturated carbocycles. The zero-order valence-corrected chi connectivity index (χ0v) is 12.4. The fourth-order valence-electron chi connectivity index (χ4n) is 1.57. The zero-order valence-electron chi connectivity index (χ0n) is 11.6. The van der Waals surface area contributed by atoms with E-state index in [1.165, 1.54) is 0 Å². The average molecular weight is 285 g/mol. The largest absolute Gasteiger partial charge is 0.492 e. The van der Waals surface area contributed by atoms with Gasteiger partial charge >= 0.3 is 0 Å². The first-order valence-electron chi connectivity index (χ1n) is 6.48. The topological polar surface area (TPSA) is 50.4 Å². The Hall–Kier alpha value is -1.26. The normalized spacial score (nSPS) is 10.6. The van der Waals surface area contributed by atoms with E-state index in [2.05, 4.69) is 10.6 Å². The van der Waals surface area contributed by atoms with Crippen LogP contribution in [0, 0.1) is 0 Å². The smallest absolute Gasteiger partial charge is 0.225 e. The molecule has 1 aromatic carbocycles. The Balaban J connectivity index is 2.59. The van der Waals surface area contributed by atoms with Crippen LogP contribution in [0.25, 0.3) is 0 Å². The van der Waals surface area contributed by atoms with Crippen LogP contribution in [0.15, 0.2) is 18.2 Å². The van der Waals surface area contributed by atoms with Gasteiger partial charge in [0.1, 0.15) is 5.75 Å². The number of benzene rings is 1. The van der Waals surface area contributed by atoms with Crippen LogP contribution < -0.4 is 15.4 Å². The highest BCUT2D eigenvalue weighted by Gasteiger charge is 2.08. The summed E-state index contributed by atoms with van der Waals surface area (Å²) in [6.45, 7) is 7.17. The minimum atomic E-state index is -0.0589. The Labute approximate surface area is 119 Å². The number of carbonyl (C=O) groups excluding carboxylic acids is 1. The van der Waals surface area contributed by atoms with Crippen LogP contribution in [-0.4, -0.2) is 25.1 Å². The maximum atomic E-state index is 11.8. The molecule has 0 aromatic heterocycles. The first-order valence-corrected chi connectivity index (χ1v) is 6.86. The highest BCUT2D eigenvalue weighted by Crippen LogP contribution is 2.28. The van der Waals surface area contributed by atoms with Crippen molar-refractivity contribution in [3.63, 3.8) is 0 Å². The summed E-state index contributed by atoms with van der Waals surface area (Å²) >= 11 is 5.93. The molecule has 0 heterocycles. The molecule has 19 heavy (non-hydrogen) atoms. The standard InChI is InChI=1S/C14H21ClN2O2/c1-4-19-13-6-5-11(15)9-12(13)17-14(18)7-8-16-10(2)3/h5-6,9-10,16H,4,7-8H2,1-3H3,(H,17,18). The van der Waals surface area contributed by atoms with Crippen molar-refractivity contribution in [3.8, 4) is 5.75 Å². The second kappa shape index (κ2) is 8.02. The third-order valence-corrected chi connectivity index (χ3v) is 2.66. The molecule has 0 aliphatic carbocycles. The summed E-state index contributed by atoms with van der Waals surface area (Å²) in [6.07, 6.45) is 0.413. The van der Waals surface area contributed by atoms with Crippen LogP contribution in [0.2, 0.25) is 5.02 Å². The first-order chi connectivity index (χ1) is 9.02. The monoisotopic (exact) mass is 284 g/mol. The minimum absolute atomic E-state index is 0.0589. The summed E-state index contributed by atoms with van der Waals surface area (Å²) in [7, 11) is 0. The highest BCUT2D eigenvalue weighted by atomic mass is 35.5. The van der Waals surface area contributed by atoms with Gasteiger partial charge in [0.25, 0.3) is 0 Å². The van der Waals surface area contributed by atoms with E-state index in [9.17, 15) is 4.79 Å². The van der Waals surface area contributed by atoms with Crippen LogP contribution in [0.5, 0.6) is 5.75 Å². The molecule has 5 heteroatoms. The Morgan fingerprint density at radius 1 is 1.42 bits per heavy atom. The van der Waals surface area contributed by atoms with Crippen molar-refractivity contribution in [1.82, 2.24) is 5.32 Å². The Kier molecular flexibility index (Phi) is 6.67. The van der Waals surface area contributed by atoms with E-state index in [1.54, 1.807) is 18.2 Å². The SMILES string of the molecule is CCOc1ccc(Cl)cc1NC(=O)CCNC(C)C. The second-order valence-corrected chi connectivity index (χ2v) is 4.92. The van der Waals surface area contributed by atoms with Crippen molar-refractivity contribution in [2.24, 2.45) is 0 Å². The van der Waals surface area contributed by atoms with Crippen molar-refractivity contribution in [3.05, 3.63) is 23.2 Å². The highest BCUT2D eigenvalue weighted by molar-refractivity contribution is 6.31. The van der Waals surface area contributed by atoms with Gasteiger partial charge in [0.05, 0.1) is 12.3 Å². The number of halogens is 1. The molecule has 0 unspecified atom stereocenters. The molecule has 1 rings (SSSR count). The van der Waals surface area contributed by atoms with Gasteiger partial charge in [0.2, 0.25) is 5.91 Å². The maximum Gasteiger partial charge on any atom is 0.225 e. The number of rotatable bonds is 7. The van der Waals surface area contributed by atoms with Crippen LogP contribution in [0.4, 0.5) is 5.69 Å².